The van der Waals surface area contributed by atoms with Crippen LogP contribution in [0.1, 0.15) is 11.5 Å². The molecular formula is C17H21ClN3O4+. The average Bonchev–Trinajstić information content (AvgIpc) is 2.97. The van der Waals surface area contributed by atoms with E-state index in [0.717, 1.165) is 16.4 Å². The van der Waals surface area contributed by atoms with Gasteiger partial charge in [-0.2, -0.15) is 0 Å². The summed E-state index contributed by atoms with van der Waals surface area (Å²) in [6.07, 6.45) is 0. The maximum Gasteiger partial charge on any atom is 0.293 e. The van der Waals surface area contributed by atoms with Crippen LogP contribution in [0.25, 0.3) is 0 Å². The maximum absolute atomic E-state index is 11.8. The van der Waals surface area contributed by atoms with Crippen molar-refractivity contribution in [1.29, 1.82) is 0 Å². The van der Waals surface area contributed by atoms with Gasteiger partial charge in [0.2, 0.25) is 0 Å². The van der Waals surface area contributed by atoms with E-state index in [1.807, 2.05) is 26.1 Å². The smallest absolute Gasteiger partial charge is 0.293 e. The number of rotatable bonds is 7. The van der Waals surface area contributed by atoms with Gasteiger partial charge in [-0.3, -0.25) is 20.4 Å². The molecule has 134 valence electrons. The molecule has 1 aromatic heterocycles. The number of likely N-dealkylation sites (N-methyl/N-ethyl adjacent to an activating group) is 1. The highest BCUT2D eigenvalue weighted by Gasteiger charge is 2.13. The second-order valence-corrected chi connectivity index (χ2v) is 6.10. The minimum Gasteiger partial charge on any atom is -0.484 e. The van der Waals surface area contributed by atoms with Crippen LogP contribution in [0.3, 0.4) is 0 Å². The lowest BCUT2D eigenvalue weighted by Crippen LogP contribution is -3.09. The molecule has 0 aliphatic heterocycles. The predicted molar refractivity (Wildman–Crippen MR) is 92.1 cm³/mol. The second kappa shape index (κ2) is 9.10. The molecule has 1 atom stereocenters. The van der Waals surface area contributed by atoms with Crippen molar-refractivity contribution in [3.63, 3.8) is 0 Å². The first kappa shape index (κ1) is 18.8. The second-order valence-electron chi connectivity index (χ2n) is 5.66. The molecule has 1 unspecified atom stereocenters. The highest BCUT2D eigenvalue weighted by Crippen LogP contribution is 2.15. The summed E-state index contributed by atoms with van der Waals surface area (Å²) in [4.78, 5) is 24.4. The fourth-order valence-corrected chi connectivity index (χ4v) is 2.24. The fraction of sp³-hybridized carbons (Fsp3) is 0.294. The third-order valence-electron chi connectivity index (χ3n) is 3.26. The molecule has 7 nitrogen and oxygen atoms in total. The van der Waals surface area contributed by atoms with Crippen molar-refractivity contribution < 1.29 is 23.6 Å². The Kier molecular flexibility index (Phi) is 6.85. The lowest BCUT2D eigenvalue weighted by molar-refractivity contribution is -0.886. The van der Waals surface area contributed by atoms with Gasteiger partial charge >= 0.3 is 0 Å². The average molecular weight is 367 g/mol. The van der Waals surface area contributed by atoms with E-state index < -0.39 is 5.91 Å². The number of ether oxygens (including phenoxy) is 1. The molecule has 0 aliphatic carbocycles. The number of carbonyl (C=O) groups is 2. The molecule has 8 heteroatoms. The number of amides is 2. The first-order valence-corrected chi connectivity index (χ1v) is 8.13. The SMILES string of the molecule is Cc1ccc(C[NH+](C)CC(=O)NNC(=O)COc2ccc(Cl)cc2)o1. The third-order valence-corrected chi connectivity index (χ3v) is 3.51. The zero-order valence-electron chi connectivity index (χ0n) is 14.1. The van der Waals surface area contributed by atoms with E-state index in [-0.39, 0.29) is 19.1 Å². The van der Waals surface area contributed by atoms with Gasteiger partial charge in [-0.1, -0.05) is 11.6 Å². The van der Waals surface area contributed by atoms with Gasteiger partial charge in [0, 0.05) is 5.02 Å². The maximum atomic E-state index is 11.8. The number of aryl methyl sites for hydroxylation is 1. The zero-order valence-corrected chi connectivity index (χ0v) is 14.9. The van der Waals surface area contributed by atoms with Crippen molar-refractivity contribution in [1.82, 2.24) is 10.9 Å². The number of furan rings is 1. The lowest BCUT2D eigenvalue weighted by atomic mass is 10.3. The van der Waals surface area contributed by atoms with Crippen LogP contribution in [0, 0.1) is 6.92 Å². The van der Waals surface area contributed by atoms with Gasteiger partial charge in [-0.25, -0.2) is 0 Å². The molecule has 1 aromatic carbocycles. The molecule has 0 saturated carbocycles. The van der Waals surface area contributed by atoms with Crippen molar-refractivity contribution >= 4 is 23.4 Å². The minimum atomic E-state index is -0.456. The van der Waals surface area contributed by atoms with Crippen LogP contribution in [0.15, 0.2) is 40.8 Å². The molecule has 0 aliphatic rings. The topological polar surface area (TPSA) is 85.0 Å². The summed E-state index contributed by atoms with van der Waals surface area (Å²) >= 11 is 5.76. The third kappa shape index (κ3) is 6.86. The first-order valence-electron chi connectivity index (χ1n) is 7.75. The van der Waals surface area contributed by atoms with Crippen molar-refractivity contribution in [2.75, 3.05) is 20.2 Å². The number of hydrogen-bond donors (Lipinski definition) is 3. The summed E-state index contributed by atoms with van der Waals surface area (Å²) < 4.78 is 10.7. The zero-order chi connectivity index (χ0) is 18.2. The predicted octanol–water partition coefficient (Wildman–Crippen LogP) is 0.483. The van der Waals surface area contributed by atoms with Gasteiger partial charge in [0.25, 0.3) is 11.8 Å². The summed E-state index contributed by atoms with van der Waals surface area (Å²) in [7, 11) is 1.86. The number of carbonyl (C=O) groups excluding carboxylic acids is 2. The van der Waals surface area contributed by atoms with E-state index in [0.29, 0.717) is 17.3 Å². The lowest BCUT2D eigenvalue weighted by Gasteiger charge is -2.13. The van der Waals surface area contributed by atoms with E-state index in [1.54, 1.807) is 24.3 Å². The molecule has 1 heterocycles. The van der Waals surface area contributed by atoms with Gasteiger partial charge in [-0.05, 0) is 43.3 Å². The van der Waals surface area contributed by atoms with Crippen LogP contribution in [0.2, 0.25) is 5.02 Å². The van der Waals surface area contributed by atoms with Gasteiger partial charge < -0.3 is 14.1 Å². The molecule has 0 radical (unpaired) electrons. The Morgan fingerprint density at radius 1 is 1.12 bits per heavy atom. The summed E-state index contributed by atoms with van der Waals surface area (Å²) in [6, 6.07) is 10.4. The van der Waals surface area contributed by atoms with Crippen molar-refractivity contribution in [2.45, 2.75) is 13.5 Å². The Hall–Kier alpha value is -2.51. The van der Waals surface area contributed by atoms with Gasteiger partial charge in [-0.15, -0.1) is 0 Å². The molecule has 25 heavy (non-hydrogen) atoms. The number of nitrogens with one attached hydrogen (secondary N) is 3. The highest BCUT2D eigenvalue weighted by atomic mass is 35.5. The van der Waals surface area contributed by atoms with Crippen molar-refractivity contribution in [3.8, 4) is 5.75 Å². The van der Waals surface area contributed by atoms with Crippen LogP contribution in [0.4, 0.5) is 0 Å². The molecule has 0 fully saturated rings. The summed E-state index contributed by atoms with van der Waals surface area (Å²) in [5.41, 5.74) is 4.67. The van der Waals surface area contributed by atoms with E-state index in [9.17, 15) is 9.59 Å². The summed E-state index contributed by atoms with van der Waals surface area (Å²) in [6.45, 7) is 2.43. The molecule has 2 aromatic rings. The molecule has 0 bridgehead atoms. The quantitative estimate of drug-likeness (QED) is 0.622. The Labute approximate surface area is 150 Å². The van der Waals surface area contributed by atoms with Crippen LogP contribution in [-0.2, 0) is 16.1 Å². The van der Waals surface area contributed by atoms with Crippen LogP contribution < -0.4 is 20.5 Å². The van der Waals surface area contributed by atoms with E-state index in [4.69, 9.17) is 20.8 Å². The molecule has 0 saturated heterocycles. The van der Waals surface area contributed by atoms with Crippen LogP contribution in [-0.4, -0.2) is 32.0 Å². The van der Waals surface area contributed by atoms with Gasteiger partial charge in [0.05, 0.1) is 7.05 Å². The van der Waals surface area contributed by atoms with Gasteiger partial charge in [0.15, 0.2) is 18.9 Å². The number of hydrazine groups is 1. The Bertz CT molecular complexity index is 715. The van der Waals surface area contributed by atoms with Crippen molar-refractivity contribution in [3.05, 3.63) is 52.9 Å². The molecule has 3 N–H and O–H groups in total. The highest BCUT2D eigenvalue weighted by molar-refractivity contribution is 6.30. The molecular weight excluding hydrogens is 346 g/mol. The van der Waals surface area contributed by atoms with E-state index in [1.165, 1.54) is 0 Å². The summed E-state index contributed by atoms with van der Waals surface area (Å²) in [5.74, 6) is 1.40. The monoisotopic (exact) mass is 366 g/mol. The van der Waals surface area contributed by atoms with Gasteiger partial charge in [0.1, 0.15) is 18.1 Å². The number of halogens is 1. The van der Waals surface area contributed by atoms with Crippen molar-refractivity contribution in [2.24, 2.45) is 0 Å². The number of quaternary nitrogens is 1. The normalized spacial score (nSPS) is 11.6. The fourth-order valence-electron chi connectivity index (χ4n) is 2.11. The van der Waals surface area contributed by atoms with E-state index in [2.05, 4.69) is 10.9 Å². The molecule has 0 spiro atoms. The Morgan fingerprint density at radius 3 is 2.44 bits per heavy atom. The largest absolute Gasteiger partial charge is 0.484 e. The Balaban J connectivity index is 1.64. The van der Waals surface area contributed by atoms with Crippen LogP contribution in [0.5, 0.6) is 5.75 Å². The van der Waals surface area contributed by atoms with E-state index >= 15 is 0 Å². The van der Waals surface area contributed by atoms with Crippen LogP contribution >= 0.6 is 11.6 Å². The standard InChI is InChI=1S/C17H20ClN3O4/c1-12-3-6-15(25-12)9-21(2)10-16(22)19-20-17(23)11-24-14-7-4-13(18)5-8-14/h3-8H,9-11H2,1-2H3,(H,19,22)(H,20,23)/p+1. The Morgan fingerprint density at radius 2 is 1.80 bits per heavy atom. The number of hydrogen-bond acceptors (Lipinski definition) is 4. The molecule has 2 amide bonds. The molecule has 2 rings (SSSR count). The number of benzene rings is 1. The first-order chi connectivity index (χ1) is 11.9. The summed E-state index contributed by atoms with van der Waals surface area (Å²) in [5, 5.41) is 0.584. The minimum absolute atomic E-state index is 0.193.